The number of aliphatic hydroxyl groups excluding tert-OH is 1. The molecule has 6 nitrogen and oxygen atoms in total. The minimum absolute atomic E-state index is 0.0893. The predicted octanol–water partition coefficient (Wildman–Crippen LogP) is -0.335. The molecule has 1 unspecified atom stereocenters. The van der Waals surface area contributed by atoms with Crippen LogP contribution >= 0.6 is 11.8 Å². The number of nitrogens with two attached hydrogens (primary N) is 1. The first-order valence-electron chi connectivity index (χ1n) is 5.96. The van der Waals surface area contributed by atoms with Crippen molar-refractivity contribution in [2.24, 2.45) is 11.1 Å². The number of nitrogens with one attached hydrogen (secondary N) is 2. The molecule has 18 heavy (non-hydrogen) atoms. The molecule has 104 valence electrons. The third-order valence-corrected chi connectivity index (χ3v) is 3.82. The summed E-state index contributed by atoms with van der Waals surface area (Å²) >= 11 is 1.60. The number of amides is 3. The van der Waals surface area contributed by atoms with Crippen LogP contribution in [-0.2, 0) is 4.79 Å². The van der Waals surface area contributed by atoms with Crippen LogP contribution in [0.1, 0.15) is 19.3 Å². The van der Waals surface area contributed by atoms with Gasteiger partial charge in [0.2, 0.25) is 5.91 Å². The first-order valence-corrected chi connectivity index (χ1v) is 7.36. The third kappa shape index (κ3) is 4.73. The first-order chi connectivity index (χ1) is 8.53. The van der Waals surface area contributed by atoms with Crippen molar-refractivity contribution in [2.75, 3.05) is 25.2 Å². The van der Waals surface area contributed by atoms with Crippen molar-refractivity contribution in [3.63, 3.8) is 0 Å². The number of hydrogen-bond donors (Lipinski definition) is 4. The van der Waals surface area contributed by atoms with Crippen LogP contribution in [0.2, 0.25) is 0 Å². The number of rotatable bonds is 8. The van der Waals surface area contributed by atoms with Crippen molar-refractivity contribution in [1.82, 2.24) is 10.6 Å². The van der Waals surface area contributed by atoms with E-state index in [0.29, 0.717) is 13.0 Å². The Morgan fingerprint density at radius 1 is 1.50 bits per heavy atom. The van der Waals surface area contributed by atoms with Crippen LogP contribution in [0.15, 0.2) is 0 Å². The van der Waals surface area contributed by atoms with E-state index in [2.05, 4.69) is 10.6 Å². The smallest absolute Gasteiger partial charge is 0.312 e. The molecule has 1 rings (SSSR count). The molecular formula is C11H21N3O3S. The van der Waals surface area contributed by atoms with E-state index in [4.69, 9.17) is 10.8 Å². The number of primary amides is 1. The lowest BCUT2D eigenvalue weighted by Gasteiger charge is -2.19. The Hall–Kier alpha value is -0.950. The molecule has 0 spiro atoms. The second kappa shape index (κ2) is 6.84. The zero-order valence-corrected chi connectivity index (χ0v) is 11.4. The van der Waals surface area contributed by atoms with Crippen LogP contribution < -0.4 is 16.4 Å². The van der Waals surface area contributed by atoms with Crippen molar-refractivity contribution >= 4 is 23.7 Å². The molecule has 0 aliphatic heterocycles. The van der Waals surface area contributed by atoms with Gasteiger partial charge in [-0.1, -0.05) is 0 Å². The molecule has 0 heterocycles. The van der Waals surface area contributed by atoms with Gasteiger partial charge in [-0.15, -0.1) is 0 Å². The molecule has 1 fully saturated rings. The second-order valence-corrected chi connectivity index (χ2v) is 5.70. The van der Waals surface area contributed by atoms with Crippen LogP contribution in [0.3, 0.4) is 0 Å². The van der Waals surface area contributed by atoms with Gasteiger partial charge in [-0.25, -0.2) is 4.79 Å². The van der Waals surface area contributed by atoms with Gasteiger partial charge >= 0.3 is 6.03 Å². The largest absolute Gasteiger partial charge is 0.396 e. The molecule has 0 radical (unpaired) electrons. The Kier molecular flexibility index (Phi) is 5.74. The molecule has 0 aromatic rings. The van der Waals surface area contributed by atoms with Crippen molar-refractivity contribution < 1.29 is 14.7 Å². The van der Waals surface area contributed by atoms with Crippen molar-refractivity contribution in [3.05, 3.63) is 0 Å². The Morgan fingerprint density at radius 3 is 2.61 bits per heavy atom. The lowest BCUT2D eigenvalue weighted by Crippen LogP contribution is -2.50. The number of carbonyl (C=O) groups excluding carboxylic acids is 2. The number of thioether (sulfide) groups is 1. The monoisotopic (exact) mass is 275 g/mol. The van der Waals surface area contributed by atoms with Crippen molar-refractivity contribution in [3.8, 4) is 0 Å². The minimum Gasteiger partial charge on any atom is -0.396 e. The second-order valence-electron chi connectivity index (χ2n) is 4.72. The zero-order valence-electron chi connectivity index (χ0n) is 10.6. The van der Waals surface area contributed by atoms with Crippen LogP contribution in [0.25, 0.3) is 0 Å². The fraction of sp³-hybridized carbons (Fsp3) is 0.818. The fourth-order valence-electron chi connectivity index (χ4n) is 1.64. The van der Waals surface area contributed by atoms with Gasteiger partial charge in [0, 0.05) is 12.0 Å². The van der Waals surface area contributed by atoms with E-state index in [-0.39, 0.29) is 17.9 Å². The summed E-state index contributed by atoms with van der Waals surface area (Å²) in [5, 5.41) is 14.4. The van der Waals surface area contributed by atoms with Gasteiger partial charge < -0.3 is 21.5 Å². The van der Waals surface area contributed by atoms with Crippen LogP contribution in [-0.4, -0.2) is 48.2 Å². The summed E-state index contributed by atoms with van der Waals surface area (Å²) in [5.74, 6) is 0.534. The highest BCUT2D eigenvalue weighted by Gasteiger charge is 2.42. The van der Waals surface area contributed by atoms with E-state index in [1.165, 1.54) is 0 Å². The number of urea groups is 1. The predicted molar refractivity (Wildman–Crippen MR) is 71.3 cm³/mol. The van der Waals surface area contributed by atoms with E-state index in [9.17, 15) is 9.59 Å². The standard InChI is InChI=1S/C11H21N3O3S/c1-18-5-2-8(14-10(12)17)9(16)13-6-11(7-15)3-4-11/h8,15H,2-7H2,1H3,(H,13,16)(H3,12,14,17). The number of carbonyl (C=O) groups is 2. The molecule has 3 amide bonds. The highest BCUT2D eigenvalue weighted by Crippen LogP contribution is 2.44. The number of aliphatic hydroxyl groups is 1. The topological polar surface area (TPSA) is 104 Å². The van der Waals surface area contributed by atoms with Gasteiger partial charge in [-0.05, 0) is 31.3 Å². The maximum Gasteiger partial charge on any atom is 0.312 e. The highest BCUT2D eigenvalue weighted by atomic mass is 32.2. The van der Waals surface area contributed by atoms with Crippen LogP contribution in [0, 0.1) is 5.41 Å². The van der Waals surface area contributed by atoms with Crippen LogP contribution in [0.5, 0.6) is 0 Å². The summed E-state index contributed by atoms with van der Waals surface area (Å²) in [7, 11) is 0. The molecule has 0 saturated heterocycles. The zero-order chi connectivity index (χ0) is 13.6. The van der Waals surface area contributed by atoms with Crippen molar-refractivity contribution in [2.45, 2.75) is 25.3 Å². The maximum atomic E-state index is 11.9. The molecule has 1 saturated carbocycles. The summed E-state index contributed by atoms with van der Waals surface area (Å²) in [4.78, 5) is 22.7. The fourth-order valence-corrected chi connectivity index (χ4v) is 2.11. The van der Waals surface area contributed by atoms with Gasteiger partial charge in [-0.2, -0.15) is 11.8 Å². The van der Waals surface area contributed by atoms with E-state index in [0.717, 1.165) is 18.6 Å². The van der Waals surface area contributed by atoms with E-state index >= 15 is 0 Å². The summed E-state index contributed by atoms with van der Waals surface area (Å²) in [6, 6.07) is -1.29. The van der Waals surface area contributed by atoms with Crippen molar-refractivity contribution in [1.29, 1.82) is 0 Å². The Bertz CT molecular complexity index is 308. The molecule has 0 aromatic heterocycles. The lowest BCUT2D eigenvalue weighted by atomic mass is 10.1. The maximum absolute atomic E-state index is 11.9. The Balaban J connectivity index is 2.40. The van der Waals surface area contributed by atoms with E-state index in [1.807, 2.05) is 6.26 Å². The SMILES string of the molecule is CSCCC(NC(N)=O)C(=O)NCC1(CO)CC1. The van der Waals surface area contributed by atoms with Gasteiger partial charge in [-0.3, -0.25) is 4.79 Å². The number of hydrogen-bond acceptors (Lipinski definition) is 4. The lowest BCUT2D eigenvalue weighted by molar-refractivity contribution is -0.123. The van der Waals surface area contributed by atoms with Crippen LogP contribution in [0.4, 0.5) is 4.79 Å². The quantitative estimate of drug-likeness (QED) is 0.486. The average Bonchev–Trinajstić information content (AvgIpc) is 3.12. The Labute approximate surface area is 111 Å². The van der Waals surface area contributed by atoms with E-state index in [1.54, 1.807) is 11.8 Å². The van der Waals surface area contributed by atoms with Gasteiger partial charge in [0.05, 0.1) is 6.61 Å². The molecule has 7 heteroatoms. The Morgan fingerprint density at radius 2 is 2.17 bits per heavy atom. The molecule has 1 aliphatic rings. The normalized spacial score (nSPS) is 17.9. The summed E-state index contributed by atoms with van der Waals surface area (Å²) in [6.07, 6.45) is 4.34. The van der Waals surface area contributed by atoms with Gasteiger partial charge in [0.15, 0.2) is 0 Å². The summed E-state index contributed by atoms with van der Waals surface area (Å²) < 4.78 is 0. The highest BCUT2D eigenvalue weighted by molar-refractivity contribution is 7.98. The average molecular weight is 275 g/mol. The molecule has 1 aliphatic carbocycles. The van der Waals surface area contributed by atoms with Gasteiger partial charge in [0.25, 0.3) is 0 Å². The molecule has 0 aromatic carbocycles. The minimum atomic E-state index is -0.695. The van der Waals surface area contributed by atoms with E-state index < -0.39 is 12.1 Å². The third-order valence-electron chi connectivity index (χ3n) is 3.17. The summed E-state index contributed by atoms with van der Waals surface area (Å²) in [6.45, 7) is 0.546. The molecule has 0 bridgehead atoms. The molecule has 5 N–H and O–H groups in total. The summed E-state index contributed by atoms with van der Waals surface area (Å²) in [5.41, 5.74) is 4.91. The first kappa shape index (κ1) is 15.1. The molecule has 1 atom stereocenters. The van der Waals surface area contributed by atoms with Gasteiger partial charge in [0.1, 0.15) is 6.04 Å². The molecular weight excluding hydrogens is 254 g/mol.